The zero-order valence-electron chi connectivity index (χ0n) is 11.4. The Kier molecular flexibility index (Phi) is 3.27. The molecule has 0 saturated heterocycles. The lowest BCUT2D eigenvalue weighted by atomic mass is 10.1. The maximum atomic E-state index is 12.2. The second kappa shape index (κ2) is 5.24. The molecule has 108 valence electrons. The standard InChI is InChI=1S/C15H14N2O4/c1-19-10-3-4-11(12(16)7-10)15(18)17-9-2-5-13-14(6-9)21-8-20-13/h2-7H,8,16H2,1H3,(H,17,18). The Morgan fingerprint density at radius 2 is 2.00 bits per heavy atom. The summed E-state index contributed by atoms with van der Waals surface area (Å²) in [5.74, 6) is 1.58. The van der Waals surface area contributed by atoms with Crippen LogP contribution in [0.25, 0.3) is 0 Å². The van der Waals surface area contributed by atoms with Gasteiger partial charge in [-0.15, -0.1) is 0 Å². The molecule has 2 aromatic carbocycles. The molecule has 1 heterocycles. The topological polar surface area (TPSA) is 82.8 Å². The van der Waals surface area contributed by atoms with E-state index in [9.17, 15) is 4.79 Å². The third-order valence-corrected chi connectivity index (χ3v) is 3.13. The van der Waals surface area contributed by atoms with Gasteiger partial charge in [0.2, 0.25) is 6.79 Å². The van der Waals surface area contributed by atoms with Crippen molar-refractivity contribution in [1.29, 1.82) is 0 Å². The SMILES string of the molecule is COc1ccc(C(=O)Nc2ccc3c(c2)OCO3)c(N)c1. The normalized spacial score (nSPS) is 12.0. The van der Waals surface area contributed by atoms with Crippen molar-refractivity contribution in [3.8, 4) is 17.2 Å². The molecule has 0 radical (unpaired) electrons. The molecule has 6 heteroatoms. The molecule has 21 heavy (non-hydrogen) atoms. The zero-order valence-corrected chi connectivity index (χ0v) is 11.4. The Bertz CT molecular complexity index is 700. The summed E-state index contributed by atoms with van der Waals surface area (Å²) in [6.45, 7) is 0.193. The quantitative estimate of drug-likeness (QED) is 0.846. The van der Waals surface area contributed by atoms with E-state index in [0.29, 0.717) is 34.2 Å². The summed E-state index contributed by atoms with van der Waals surface area (Å²) in [7, 11) is 1.54. The van der Waals surface area contributed by atoms with E-state index in [0.717, 1.165) is 0 Å². The summed E-state index contributed by atoms with van der Waals surface area (Å²) >= 11 is 0. The van der Waals surface area contributed by atoms with E-state index >= 15 is 0 Å². The number of nitrogens with one attached hydrogen (secondary N) is 1. The Hall–Kier alpha value is -2.89. The minimum Gasteiger partial charge on any atom is -0.497 e. The van der Waals surface area contributed by atoms with E-state index in [4.69, 9.17) is 19.9 Å². The monoisotopic (exact) mass is 286 g/mol. The lowest BCUT2D eigenvalue weighted by molar-refractivity contribution is 0.102. The maximum absolute atomic E-state index is 12.2. The van der Waals surface area contributed by atoms with Gasteiger partial charge in [-0.1, -0.05) is 0 Å². The second-order valence-electron chi connectivity index (χ2n) is 4.48. The number of carbonyl (C=O) groups is 1. The number of ether oxygens (including phenoxy) is 3. The molecule has 0 fully saturated rings. The van der Waals surface area contributed by atoms with E-state index in [-0.39, 0.29) is 12.7 Å². The van der Waals surface area contributed by atoms with Gasteiger partial charge in [-0.05, 0) is 24.3 Å². The molecule has 0 aliphatic carbocycles. The molecule has 0 unspecified atom stereocenters. The minimum absolute atomic E-state index is 0.193. The fraction of sp³-hybridized carbons (Fsp3) is 0.133. The number of anilines is 2. The molecule has 1 amide bonds. The van der Waals surface area contributed by atoms with Gasteiger partial charge in [0.1, 0.15) is 5.75 Å². The van der Waals surface area contributed by atoms with Crippen LogP contribution >= 0.6 is 0 Å². The van der Waals surface area contributed by atoms with Crippen LogP contribution in [0.4, 0.5) is 11.4 Å². The Morgan fingerprint density at radius 1 is 1.19 bits per heavy atom. The van der Waals surface area contributed by atoms with Gasteiger partial charge >= 0.3 is 0 Å². The number of carbonyl (C=O) groups excluding carboxylic acids is 1. The van der Waals surface area contributed by atoms with Crippen LogP contribution in [-0.2, 0) is 0 Å². The second-order valence-corrected chi connectivity index (χ2v) is 4.48. The molecule has 0 spiro atoms. The summed E-state index contributed by atoms with van der Waals surface area (Å²) in [6, 6.07) is 10.1. The Morgan fingerprint density at radius 3 is 2.76 bits per heavy atom. The van der Waals surface area contributed by atoms with Crippen LogP contribution in [0.3, 0.4) is 0 Å². The first-order valence-corrected chi connectivity index (χ1v) is 6.32. The average Bonchev–Trinajstić information content (AvgIpc) is 2.94. The summed E-state index contributed by atoms with van der Waals surface area (Å²) in [4.78, 5) is 12.2. The van der Waals surface area contributed by atoms with Crippen LogP contribution in [-0.4, -0.2) is 19.8 Å². The summed E-state index contributed by atoms with van der Waals surface area (Å²) < 4.78 is 15.5. The molecule has 3 rings (SSSR count). The number of nitrogens with two attached hydrogens (primary N) is 1. The number of amides is 1. The highest BCUT2D eigenvalue weighted by Crippen LogP contribution is 2.34. The third-order valence-electron chi connectivity index (χ3n) is 3.13. The van der Waals surface area contributed by atoms with E-state index in [1.807, 2.05) is 0 Å². The highest BCUT2D eigenvalue weighted by molar-refractivity contribution is 6.08. The highest BCUT2D eigenvalue weighted by atomic mass is 16.7. The van der Waals surface area contributed by atoms with Crippen molar-refractivity contribution in [2.75, 3.05) is 25.0 Å². The minimum atomic E-state index is -0.297. The lowest BCUT2D eigenvalue weighted by Gasteiger charge is -2.09. The van der Waals surface area contributed by atoms with Gasteiger partial charge in [-0.2, -0.15) is 0 Å². The predicted octanol–water partition coefficient (Wildman–Crippen LogP) is 2.26. The van der Waals surface area contributed by atoms with E-state index in [1.165, 1.54) is 0 Å². The molecule has 3 N–H and O–H groups in total. The van der Waals surface area contributed by atoms with Crippen LogP contribution in [0.1, 0.15) is 10.4 Å². The number of nitrogen functional groups attached to an aromatic ring is 1. The number of hydrogen-bond donors (Lipinski definition) is 2. The largest absolute Gasteiger partial charge is 0.497 e. The van der Waals surface area contributed by atoms with Crippen LogP contribution in [0.2, 0.25) is 0 Å². The van der Waals surface area contributed by atoms with Gasteiger partial charge in [0.05, 0.1) is 12.7 Å². The number of hydrogen-bond acceptors (Lipinski definition) is 5. The highest BCUT2D eigenvalue weighted by Gasteiger charge is 2.15. The van der Waals surface area contributed by atoms with E-state index < -0.39 is 0 Å². The van der Waals surface area contributed by atoms with Crippen LogP contribution in [0.5, 0.6) is 17.2 Å². The summed E-state index contributed by atoms with van der Waals surface area (Å²) in [5.41, 5.74) is 7.20. The van der Waals surface area contributed by atoms with Crippen LogP contribution < -0.4 is 25.3 Å². The van der Waals surface area contributed by atoms with Gasteiger partial charge in [0.25, 0.3) is 5.91 Å². The fourth-order valence-corrected chi connectivity index (χ4v) is 2.05. The Balaban J connectivity index is 1.80. The average molecular weight is 286 g/mol. The summed E-state index contributed by atoms with van der Waals surface area (Å²) in [5, 5.41) is 2.77. The fourth-order valence-electron chi connectivity index (χ4n) is 2.05. The molecule has 1 aliphatic heterocycles. The molecule has 0 atom stereocenters. The zero-order chi connectivity index (χ0) is 14.8. The predicted molar refractivity (Wildman–Crippen MR) is 77.9 cm³/mol. The van der Waals surface area contributed by atoms with Gasteiger partial charge in [0.15, 0.2) is 11.5 Å². The molecule has 0 saturated carbocycles. The smallest absolute Gasteiger partial charge is 0.257 e. The van der Waals surface area contributed by atoms with Gasteiger partial charge < -0.3 is 25.3 Å². The number of fused-ring (bicyclic) bond motifs is 1. The van der Waals surface area contributed by atoms with Crippen molar-refractivity contribution < 1.29 is 19.0 Å². The van der Waals surface area contributed by atoms with E-state index in [2.05, 4.69) is 5.32 Å². The first-order valence-electron chi connectivity index (χ1n) is 6.32. The van der Waals surface area contributed by atoms with Crippen molar-refractivity contribution >= 4 is 17.3 Å². The van der Waals surface area contributed by atoms with Crippen LogP contribution in [0, 0.1) is 0 Å². The molecule has 0 aromatic heterocycles. The summed E-state index contributed by atoms with van der Waals surface area (Å²) in [6.07, 6.45) is 0. The number of benzene rings is 2. The molecule has 0 bridgehead atoms. The van der Waals surface area contributed by atoms with Gasteiger partial charge in [0, 0.05) is 23.5 Å². The Labute approximate surface area is 121 Å². The molecule has 1 aliphatic rings. The first kappa shape index (κ1) is 13.1. The number of methoxy groups -OCH3 is 1. The van der Waals surface area contributed by atoms with Gasteiger partial charge in [-0.3, -0.25) is 4.79 Å². The molecular weight excluding hydrogens is 272 g/mol. The molecule has 2 aromatic rings. The molecular formula is C15H14N2O4. The third kappa shape index (κ3) is 2.55. The first-order chi connectivity index (χ1) is 10.2. The van der Waals surface area contributed by atoms with Crippen molar-refractivity contribution in [3.63, 3.8) is 0 Å². The van der Waals surface area contributed by atoms with E-state index in [1.54, 1.807) is 43.5 Å². The maximum Gasteiger partial charge on any atom is 0.257 e. The van der Waals surface area contributed by atoms with Crippen molar-refractivity contribution in [1.82, 2.24) is 0 Å². The van der Waals surface area contributed by atoms with Crippen molar-refractivity contribution in [2.24, 2.45) is 0 Å². The molecule has 6 nitrogen and oxygen atoms in total. The van der Waals surface area contributed by atoms with Crippen LogP contribution in [0.15, 0.2) is 36.4 Å². The lowest BCUT2D eigenvalue weighted by Crippen LogP contribution is -2.14. The number of rotatable bonds is 3. The van der Waals surface area contributed by atoms with Crippen molar-refractivity contribution in [2.45, 2.75) is 0 Å². The van der Waals surface area contributed by atoms with Gasteiger partial charge in [-0.25, -0.2) is 0 Å². The van der Waals surface area contributed by atoms with Crippen molar-refractivity contribution in [3.05, 3.63) is 42.0 Å².